The maximum Gasteiger partial charge on any atom is 0.181 e. The minimum Gasteiger partial charge on any atom is -0.294 e. The minimum absolute atomic E-state index is 0.0544. The third kappa shape index (κ3) is 3.55. The van der Waals surface area contributed by atoms with Crippen LogP contribution in [0.25, 0.3) is 0 Å². The molecule has 0 amide bonds. The molecule has 0 saturated carbocycles. The second kappa shape index (κ2) is 6.00. The lowest BCUT2D eigenvalue weighted by atomic mass is 10.0. The number of aromatic nitrogens is 1. The van der Waals surface area contributed by atoms with Crippen LogP contribution in [0.3, 0.4) is 0 Å². The number of hydrogen-bond donors (Lipinski definition) is 0. The molecule has 0 bridgehead atoms. The van der Waals surface area contributed by atoms with Crippen molar-refractivity contribution in [3.05, 3.63) is 65.7 Å². The monoisotopic (exact) mass is 257 g/mol. The normalized spacial score (nSPS) is 10.2. The fraction of sp³-hybridized carbons (Fsp3) is 0.133. The van der Waals surface area contributed by atoms with E-state index in [-0.39, 0.29) is 30.0 Å². The van der Waals surface area contributed by atoms with E-state index < -0.39 is 5.82 Å². The Balaban J connectivity index is 1.96. The first-order chi connectivity index (χ1) is 9.16. The van der Waals surface area contributed by atoms with Crippen LogP contribution in [0.4, 0.5) is 4.39 Å². The van der Waals surface area contributed by atoms with Crippen LogP contribution in [-0.2, 0) is 0 Å². The van der Waals surface area contributed by atoms with Gasteiger partial charge in [-0.25, -0.2) is 4.39 Å². The molecular formula is C15H12FNO2. The Kier molecular flexibility index (Phi) is 4.13. The Hall–Kier alpha value is -2.36. The Morgan fingerprint density at radius 2 is 1.79 bits per heavy atom. The predicted molar refractivity (Wildman–Crippen MR) is 68.5 cm³/mol. The van der Waals surface area contributed by atoms with Gasteiger partial charge in [0.2, 0.25) is 0 Å². The summed E-state index contributed by atoms with van der Waals surface area (Å²) in [5.74, 6) is -0.893. The molecule has 2 rings (SSSR count). The summed E-state index contributed by atoms with van der Waals surface area (Å²) in [6.07, 6.45) is 1.66. The zero-order valence-electron chi connectivity index (χ0n) is 10.2. The molecule has 0 spiro atoms. The van der Waals surface area contributed by atoms with Crippen LogP contribution in [0, 0.1) is 5.82 Å². The molecular weight excluding hydrogens is 245 g/mol. The van der Waals surface area contributed by atoms with Crippen molar-refractivity contribution in [1.29, 1.82) is 0 Å². The molecule has 1 heterocycles. The van der Waals surface area contributed by atoms with Crippen LogP contribution < -0.4 is 0 Å². The molecule has 1 aromatic heterocycles. The number of hydrogen-bond acceptors (Lipinski definition) is 3. The average molecular weight is 257 g/mol. The van der Waals surface area contributed by atoms with Crippen molar-refractivity contribution >= 4 is 11.6 Å². The second-order valence-corrected chi connectivity index (χ2v) is 4.07. The molecule has 0 N–H and O–H groups in total. The van der Waals surface area contributed by atoms with E-state index >= 15 is 0 Å². The molecule has 0 atom stereocenters. The molecule has 0 aliphatic carbocycles. The fourth-order valence-corrected chi connectivity index (χ4v) is 1.69. The highest BCUT2D eigenvalue weighted by Gasteiger charge is 2.12. The molecule has 0 saturated heterocycles. The number of pyridine rings is 1. The zero-order valence-corrected chi connectivity index (χ0v) is 10.2. The van der Waals surface area contributed by atoms with E-state index in [4.69, 9.17) is 0 Å². The number of carbonyl (C=O) groups is 2. The van der Waals surface area contributed by atoms with E-state index in [0.717, 1.165) is 0 Å². The summed E-state index contributed by atoms with van der Waals surface area (Å²) in [6.45, 7) is 0. The van der Waals surface area contributed by atoms with Gasteiger partial charge in [-0.1, -0.05) is 18.2 Å². The second-order valence-electron chi connectivity index (χ2n) is 4.07. The Bertz CT molecular complexity index is 596. The van der Waals surface area contributed by atoms with Gasteiger partial charge in [-0.2, -0.15) is 0 Å². The van der Waals surface area contributed by atoms with Crippen molar-refractivity contribution in [2.75, 3.05) is 0 Å². The molecule has 0 radical (unpaired) electrons. The van der Waals surface area contributed by atoms with Crippen molar-refractivity contribution in [2.24, 2.45) is 0 Å². The quantitative estimate of drug-likeness (QED) is 0.773. The highest BCUT2D eigenvalue weighted by atomic mass is 19.1. The summed E-state index contributed by atoms with van der Waals surface area (Å²) in [5.41, 5.74) is 0.628. The van der Waals surface area contributed by atoms with Crippen LogP contribution in [0.2, 0.25) is 0 Å². The number of carbonyl (C=O) groups excluding carboxylic acids is 2. The molecule has 0 aliphatic heterocycles. The van der Waals surface area contributed by atoms with Crippen LogP contribution >= 0.6 is 0 Å². The van der Waals surface area contributed by atoms with Gasteiger partial charge in [-0.15, -0.1) is 0 Å². The summed E-state index contributed by atoms with van der Waals surface area (Å²) < 4.78 is 13.0. The van der Waals surface area contributed by atoms with Crippen LogP contribution in [-0.4, -0.2) is 16.6 Å². The molecule has 1 aromatic carbocycles. The van der Waals surface area contributed by atoms with E-state index in [2.05, 4.69) is 4.98 Å². The van der Waals surface area contributed by atoms with Crippen molar-refractivity contribution in [3.8, 4) is 0 Å². The molecule has 3 nitrogen and oxygen atoms in total. The molecule has 0 fully saturated rings. The zero-order chi connectivity index (χ0) is 13.7. The van der Waals surface area contributed by atoms with Gasteiger partial charge in [0.05, 0.1) is 0 Å². The minimum atomic E-state index is -0.457. The lowest BCUT2D eigenvalue weighted by Gasteiger charge is -2.01. The average Bonchev–Trinajstić information content (AvgIpc) is 2.45. The van der Waals surface area contributed by atoms with Gasteiger partial charge in [-0.3, -0.25) is 14.6 Å². The highest BCUT2D eigenvalue weighted by Crippen LogP contribution is 2.10. The van der Waals surface area contributed by atoms with Crippen molar-refractivity contribution < 1.29 is 14.0 Å². The predicted octanol–water partition coefficient (Wildman–Crippen LogP) is 3.07. The maximum atomic E-state index is 13.0. The maximum absolute atomic E-state index is 13.0. The van der Waals surface area contributed by atoms with Gasteiger partial charge in [0.15, 0.2) is 11.6 Å². The van der Waals surface area contributed by atoms with Gasteiger partial charge < -0.3 is 0 Å². The van der Waals surface area contributed by atoms with Crippen LogP contribution in [0.15, 0.2) is 48.7 Å². The van der Waals surface area contributed by atoms with Gasteiger partial charge in [0.1, 0.15) is 11.5 Å². The number of rotatable bonds is 5. The molecule has 4 heteroatoms. The topological polar surface area (TPSA) is 47.0 Å². The first-order valence-corrected chi connectivity index (χ1v) is 5.90. The largest absolute Gasteiger partial charge is 0.294 e. The lowest BCUT2D eigenvalue weighted by molar-refractivity contribution is 0.0915. The number of ketones is 2. The summed E-state index contributed by atoms with van der Waals surface area (Å²) in [6, 6.07) is 10.5. The molecule has 2 aromatic rings. The number of nitrogens with zero attached hydrogens (tertiary/aromatic N) is 1. The molecule has 0 unspecified atom stereocenters. The molecule has 0 aliphatic rings. The smallest absolute Gasteiger partial charge is 0.181 e. The number of benzene rings is 1. The van der Waals surface area contributed by atoms with E-state index in [1.165, 1.54) is 30.5 Å². The van der Waals surface area contributed by atoms with Gasteiger partial charge >= 0.3 is 0 Å². The summed E-state index contributed by atoms with van der Waals surface area (Å²) in [5, 5.41) is 0. The first-order valence-electron chi connectivity index (χ1n) is 5.90. The van der Waals surface area contributed by atoms with E-state index in [0.29, 0.717) is 5.69 Å². The molecule has 19 heavy (non-hydrogen) atoms. The summed E-state index contributed by atoms with van der Waals surface area (Å²) in [7, 11) is 0. The van der Waals surface area contributed by atoms with Gasteiger partial charge in [0.25, 0.3) is 0 Å². The first kappa shape index (κ1) is 13.1. The third-order valence-electron chi connectivity index (χ3n) is 2.68. The summed E-state index contributed by atoms with van der Waals surface area (Å²) >= 11 is 0. The number of Topliss-reactive ketones (excluding diaryl/α,β-unsaturated/α-hetero) is 2. The van der Waals surface area contributed by atoms with Gasteiger partial charge in [0, 0.05) is 24.6 Å². The Labute approximate surface area is 110 Å². The van der Waals surface area contributed by atoms with Crippen LogP contribution in [0.5, 0.6) is 0 Å². The van der Waals surface area contributed by atoms with E-state index in [9.17, 15) is 14.0 Å². The van der Waals surface area contributed by atoms with Crippen molar-refractivity contribution in [1.82, 2.24) is 4.98 Å². The Morgan fingerprint density at radius 3 is 2.47 bits per heavy atom. The number of halogens is 1. The Morgan fingerprint density at radius 1 is 1.00 bits per heavy atom. The van der Waals surface area contributed by atoms with E-state index in [1.54, 1.807) is 18.2 Å². The summed E-state index contributed by atoms with van der Waals surface area (Å²) in [4.78, 5) is 27.5. The SMILES string of the molecule is O=C(CCC(=O)c1ccccn1)c1cccc(F)c1. The standard InChI is InChI=1S/C15H12FNO2/c16-12-5-3-4-11(10-12)14(18)7-8-15(19)13-6-1-2-9-17-13/h1-6,9-10H,7-8H2. The fourth-order valence-electron chi connectivity index (χ4n) is 1.69. The van der Waals surface area contributed by atoms with Gasteiger partial charge in [-0.05, 0) is 24.3 Å². The highest BCUT2D eigenvalue weighted by molar-refractivity contribution is 6.01. The lowest BCUT2D eigenvalue weighted by Crippen LogP contribution is -2.06. The van der Waals surface area contributed by atoms with E-state index in [1.807, 2.05) is 0 Å². The van der Waals surface area contributed by atoms with Crippen molar-refractivity contribution in [2.45, 2.75) is 12.8 Å². The third-order valence-corrected chi connectivity index (χ3v) is 2.68. The van der Waals surface area contributed by atoms with Crippen molar-refractivity contribution in [3.63, 3.8) is 0 Å². The van der Waals surface area contributed by atoms with Crippen LogP contribution in [0.1, 0.15) is 33.7 Å². The molecule has 96 valence electrons.